The molecule has 2 aromatic carbocycles. The largest absolute Gasteiger partial charge is 0.504 e. The normalized spacial score (nSPS) is 17.7. The molecule has 0 radical (unpaired) electrons. The Bertz CT molecular complexity index is 1210. The second-order valence-corrected chi connectivity index (χ2v) is 7.87. The lowest BCUT2D eigenvalue weighted by atomic mass is 9.82. The highest BCUT2D eigenvalue weighted by Gasteiger charge is 2.35. The van der Waals surface area contributed by atoms with Crippen molar-refractivity contribution >= 4 is 28.5 Å². The van der Waals surface area contributed by atoms with Gasteiger partial charge in [0.05, 0.1) is 41.7 Å². The van der Waals surface area contributed by atoms with Crippen molar-refractivity contribution in [1.82, 2.24) is 0 Å². The van der Waals surface area contributed by atoms with Crippen LogP contribution in [0.25, 0.3) is 22.3 Å². The summed E-state index contributed by atoms with van der Waals surface area (Å²) in [4.78, 5) is 23.5. The summed E-state index contributed by atoms with van der Waals surface area (Å²) in [5, 5.41) is 19.8. The number of carbonyl (C=O) groups is 1. The summed E-state index contributed by atoms with van der Waals surface area (Å²) >= 11 is 6.20. The zero-order chi connectivity index (χ0) is 22.8. The molecule has 0 spiro atoms. The lowest BCUT2D eigenvalue weighted by molar-refractivity contribution is -0.151. The van der Waals surface area contributed by atoms with Gasteiger partial charge in [0.1, 0.15) is 18.1 Å². The fourth-order valence-electron chi connectivity index (χ4n) is 3.57. The molecule has 4 rings (SSSR count). The van der Waals surface area contributed by atoms with Crippen LogP contribution in [0.2, 0.25) is 5.02 Å². The average molecular weight is 461 g/mol. The monoisotopic (exact) mass is 460 g/mol. The zero-order valence-corrected chi connectivity index (χ0v) is 17.9. The summed E-state index contributed by atoms with van der Waals surface area (Å²) in [6.45, 7) is 0.404. The highest BCUT2D eigenvalue weighted by molar-refractivity contribution is 6.34. The second-order valence-electron chi connectivity index (χ2n) is 7.46. The van der Waals surface area contributed by atoms with E-state index in [0.717, 1.165) is 0 Å². The molecule has 1 saturated carbocycles. The van der Waals surface area contributed by atoms with Crippen molar-refractivity contribution in [1.29, 1.82) is 0 Å². The van der Waals surface area contributed by atoms with Crippen molar-refractivity contribution in [2.75, 3.05) is 20.3 Å². The van der Waals surface area contributed by atoms with E-state index in [1.807, 2.05) is 0 Å². The van der Waals surface area contributed by atoms with Gasteiger partial charge in [-0.2, -0.15) is 0 Å². The van der Waals surface area contributed by atoms with Crippen LogP contribution in [-0.4, -0.2) is 42.6 Å². The number of methoxy groups -OCH3 is 1. The van der Waals surface area contributed by atoms with Crippen LogP contribution in [0.4, 0.5) is 0 Å². The molecule has 0 bridgehead atoms. The summed E-state index contributed by atoms with van der Waals surface area (Å²) in [7, 11) is 1.41. The number of phenolic OH excluding ortho intramolecular Hbond substituents is 1. The van der Waals surface area contributed by atoms with E-state index in [2.05, 4.69) is 0 Å². The van der Waals surface area contributed by atoms with Gasteiger partial charge in [0.25, 0.3) is 0 Å². The molecule has 1 aliphatic rings. The third-order valence-corrected chi connectivity index (χ3v) is 5.69. The number of para-hydroxylation sites is 1. The second kappa shape index (κ2) is 9.10. The first kappa shape index (κ1) is 22.0. The molecule has 32 heavy (non-hydrogen) atoms. The minimum absolute atomic E-state index is 0.103. The molecule has 1 aliphatic carbocycles. The first-order valence-corrected chi connectivity index (χ1v) is 10.4. The lowest BCUT2D eigenvalue weighted by Crippen LogP contribution is -2.37. The molecule has 0 amide bonds. The molecule has 1 fully saturated rings. The topological polar surface area (TPSA) is 115 Å². The van der Waals surface area contributed by atoms with Gasteiger partial charge in [-0.05, 0) is 31.0 Å². The molecule has 3 aromatic rings. The van der Waals surface area contributed by atoms with Gasteiger partial charge in [-0.15, -0.1) is 0 Å². The van der Waals surface area contributed by atoms with Gasteiger partial charge in [-0.1, -0.05) is 17.7 Å². The fourth-order valence-corrected chi connectivity index (χ4v) is 3.78. The number of carboxylic acid groups (broad SMARTS) is 1. The Morgan fingerprint density at radius 1 is 1.19 bits per heavy atom. The number of aliphatic carboxylic acids is 1. The van der Waals surface area contributed by atoms with E-state index in [9.17, 15) is 14.7 Å². The third-order valence-electron chi connectivity index (χ3n) is 5.39. The molecule has 0 saturated heterocycles. The van der Waals surface area contributed by atoms with Crippen molar-refractivity contribution in [2.24, 2.45) is 5.92 Å². The summed E-state index contributed by atoms with van der Waals surface area (Å²) in [5.74, 6) is -0.630. The molecule has 2 N–H and O–H groups in total. The SMILES string of the molecule is COc1cc(OCCO[C@H]2C[C@@H](C(=O)O)C2)c(-c2cc(=O)c3cccc(Cl)c3o2)cc1O. The first-order valence-electron chi connectivity index (χ1n) is 9.98. The maximum absolute atomic E-state index is 12.6. The van der Waals surface area contributed by atoms with Crippen LogP contribution < -0.4 is 14.9 Å². The molecular formula is C23H21ClO8. The van der Waals surface area contributed by atoms with Crippen molar-refractivity contribution in [3.63, 3.8) is 0 Å². The summed E-state index contributed by atoms with van der Waals surface area (Å²) in [6.07, 6.45) is 0.863. The molecule has 0 aliphatic heterocycles. The van der Waals surface area contributed by atoms with Gasteiger partial charge < -0.3 is 28.8 Å². The van der Waals surface area contributed by atoms with Crippen LogP contribution >= 0.6 is 11.6 Å². The van der Waals surface area contributed by atoms with E-state index in [4.69, 9.17) is 35.3 Å². The first-order chi connectivity index (χ1) is 15.4. The minimum Gasteiger partial charge on any atom is -0.504 e. The number of rotatable bonds is 8. The quantitative estimate of drug-likeness (QED) is 0.483. The Balaban J connectivity index is 1.57. The maximum atomic E-state index is 12.6. The zero-order valence-electron chi connectivity index (χ0n) is 17.2. The van der Waals surface area contributed by atoms with Crippen molar-refractivity contribution in [3.8, 4) is 28.6 Å². The molecule has 168 valence electrons. The van der Waals surface area contributed by atoms with Crippen LogP contribution in [0.1, 0.15) is 12.8 Å². The predicted octanol–water partition coefficient (Wildman–Crippen LogP) is 4.09. The van der Waals surface area contributed by atoms with Gasteiger partial charge in [0.2, 0.25) is 0 Å². The number of phenols is 1. The lowest BCUT2D eigenvalue weighted by Gasteiger charge is -2.32. The number of halogens is 1. The van der Waals surface area contributed by atoms with Crippen LogP contribution in [0.15, 0.2) is 45.6 Å². The van der Waals surface area contributed by atoms with E-state index in [1.54, 1.807) is 18.2 Å². The number of carboxylic acids is 1. The molecule has 1 aromatic heterocycles. The van der Waals surface area contributed by atoms with Crippen molar-refractivity contribution in [2.45, 2.75) is 18.9 Å². The Hall–Kier alpha value is -3.23. The van der Waals surface area contributed by atoms with Gasteiger partial charge in [0.15, 0.2) is 22.5 Å². The van der Waals surface area contributed by atoms with Crippen LogP contribution in [-0.2, 0) is 9.53 Å². The number of fused-ring (bicyclic) bond motifs is 1. The summed E-state index contributed by atoms with van der Waals surface area (Å²) < 4.78 is 22.5. The van der Waals surface area contributed by atoms with E-state index in [0.29, 0.717) is 29.5 Å². The number of benzene rings is 2. The molecule has 0 atom stereocenters. The molecule has 9 heteroatoms. The van der Waals surface area contributed by atoms with Crippen molar-refractivity contribution in [3.05, 3.63) is 51.6 Å². The van der Waals surface area contributed by atoms with E-state index in [1.165, 1.54) is 25.3 Å². The van der Waals surface area contributed by atoms with Gasteiger partial charge in [-0.3, -0.25) is 9.59 Å². The summed E-state index contributed by atoms with van der Waals surface area (Å²) in [6, 6.07) is 9.09. The number of hydrogen-bond donors (Lipinski definition) is 2. The van der Waals surface area contributed by atoms with Gasteiger partial charge in [-0.25, -0.2) is 0 Å². The van der Waals surface area contributed by atoms with E-state index < -0.39 is 5.97 Å². The molecule has 0 unspecified atom stereocenters. The highest BCUT2D eigenvalue weighted by Crippen LogP contribution is 2.40. The Morgan fingerprint density at radius 3 is 2.69 bits per heavy atom. The van der Waals surface area contributed by atoms with E-state index in [-0.39, 0.29) is 58.5 Å². The number of aromatic hydroxyl groups is 1. The standard InChI is InChI=1S/C23H21ClO8/c1-29-21-11-19(31-6-5-30-13-7-12(8-13)23(27)28)15(9-18(21)26)20-10-17(25)14-3-2-4-16(24)22(14)32-20/h2-4,9-13,26H,5-8H2,1H3,(H,27,28)/t12-,13+. The number of ether oxygens (including phenoxy) is 3. The molecule has 8 nitrogen and oxygen atoms in total. The number of hydrogen-bond acceptors (Lipinski definition) is 7. The molecular weight excluding hydrogens is 440 g/mol. The Morgan fingerprint density at radius 2 is 1.97 bits per heavy atom. The Labute approximate surface area is 187 Å². The smallest absolute Gasteiger partial charge is 0.306 e. The predicted molar refractivity (Wildman–Crippen MR) is 117 cm³/mol. The molecule has 1 heterocycles. The third kappa shape index (κ3) is 4.37. The van der Waals surface area contributed by atoms with Crippen LogP contribution in [0, 0.1) is 5.92 Å². The average Bonchev–Trinajstić information content (AvgIpc) is 2.73. The van der Waals surface area contributed by atoms with Crippen LogP contribution in [0.3, 0.4) is 0 Å². The summed E-state index contributed by atoms with van der Waals surface area (Å²) in [5.41, 5.74) is 0.294. The van der Waals surface area contributed by atoms with Crippen molar-refractivity contribution < 1.29 is 33.6 Å². The Kier molecular flexibility index (Phi) is 6.25. The fraction of sp³-hybridized carbons (Fsp3) is 0.304. The van der Waals surface area contributed by atoms with Gasteiger partial charge in [0, 0.05) is 12.1 Å². The van der Waals surface area contributed by atoms with Crippen LogP contribution in [0.5, 0.6) is 17.2 Å². The highest BCUT2D eigenvalue weighted by atomic mass is 35.5. The van der Waals surface area contributed by atoms with Gasteiger partial charge >= 0.3 is 5.97 Å². The maximum Gasteiger partial charge on any atom is 0.306 e. The minimum atomic E-state index is -0.807. The van der Waals surface area contributed by atoms with E-state index >= 15 is 0 Å².